The van der Waals surface area contributed by atoms with Crippen molar-refractivity contribution in [3.63, 3.8) is 0 Å². The molecule has 2 fully saturated rings. The predicted octanol–water partition coefficient (Wildman–Crippen LogP) is 3.75. The van der Waals surface area contributed by atoms with Gasteiger partial charge in [-0.1, -0.05) is 5.92 Å². The predicted molar refractivity (Wildman–Crippen MR) is 118 cm³/mol. The van der Waals surface area contributed by atoms with Crippen LogP contribution in [0.3, 0.4) is 0 Å². The fourth-order valence-corrected chi connectivity index (χ4v) is 4.03. The van der Waals surface area contributed by atoms with E-state index in [-0.39, 0.29) is 23.1 Å². The number of hydrogen-bond donors (Lipinski definition) is 0. The second kappa shape index (κ2) is 8.45. The number of halogens is 3. The van der Waals surface area contributed by atoms with Crippen LogP contribution >= 0.6 is 0 Å². The van der Waals surface area contributed by atoms with Crippen molar-refractivity contribution in [2.45, 2.75) is 50.2 Å². The Bertz CT molecular complexity index is 1290. The van der Waals surface area contributed by atoms with Crippen LogP contribution in [0, 0.1) is 18.3 Å². The van der Waals surface area contributed by atoms with Gasteiger partial charge in [0.15, 0.2) is 5.82 Å². The standard InChI is InChI=1S/C24H22F3N7O/c1-3-23(7-8-23)18-11-17(12-19(32-18)24(25,26)27)21(35)33(13-16-5-6-16)15(2)20-30-14-31-34(20)22-28-9-4-10-29-22/h1,4,9-12,14-16H,5-8,13H2,2H3. The van der Waals surface area contributed by atoms with Crippen molar-refractivity contribution in [1.82, 2.24) is 34.6 Å². The van der Waals surface area contributed by atoms with E-state index in [1.165, 1.54) is 22.0 Å². The number of nitrogens with zero attached hydrogens (tertiary/aromatic N) is 7. The molecule has 11 heteroatoms. The van der Waals surface area contributed by atoms with Gasteiger partial charge >= 0.3 is 6.18 Å². The summed E-state index contributed by atoms with van der Waals surface area (Å²) < 4.78 is 42.5. The molecule has 0 aromatic carbocycles. The number of carbonyl (C=O) groups is 1. The van der Waals surface area contributed by atoms with Crippen LogP contribution in [0.15, 0.2) is 36.9 Å². The molecule has 0 aliphatic heterocycles. The van der Waals surface area contributed by atoms with Gasteiger partial charge in [-0.15, -0.1) is 6.42 Å². The molecule has 0 bridgehead atoms. The molecular formula is C24H22F3N7O. The molecule has 1 amide bonds. The van der Waals surface area contributed by atoms with Gasteiger partial charge in [-0.05, 0) is 56.7 Å². The van der Waals surface area contributed by atoms with Gasteiger partial charge < -0.3 is 4.90 Å². The van der Waals surface area contributed by atoms with Crippen molar-refractivity contribution < 1.29 is 18.0 Å². The summed E-state index contributed by atoms with van der Waals surface area (Å²) in [5.41, 5.74) is -1.97. The number of pyridine rings is 1. The smallest absolute Gasteiger partial charge is 0.328 e. The summed E-state index contributed by atoms with van der Waals surface area (Å²) in [5, 5.41) is 4.19. The minimum atomic E-state index is -4.71. The van der Waals surface area contributed by atoms with Gasteiger partial charge in [0.25, 0.3) is 11.9 Å². The molecule has 3 aromatic heterocycles. The molecule has 0 N–H and O–H groups in total. The highest BCUT2D eigenvalue weighted by atomic mass is 19.4. The maximum absolute atomic E-state index is 13.8. The molecule has 35 heavy (non-hydrogen) atoms. The van der Waals surface area contributed by atoms with Crippen molar-refractivity contribution in [2.75, 3.05) is 6.54 Å². The zero-order valence-electron chi connectivity index (χ0n) is 18.9. The Labute approximate surface area is 199 Å². The molecule has 1 unspecified atom stereocenters. The molecule has 0 spiro atoms. The van der Waals surface area contributed by atoms with Crippen molar-refractivity contribution >= 4 is 5.91 Å². The fourth-order valence-electron chi connectivity index (χ4n) is 4.03. The van der Waals surface area contributed by atoms with Crippen molar-refractivity contribution in [2.24, 2.45) is 5.92 Å². The average molecular weight is 481 g/mol. The molecule has 2 saturated carbocycles. The summed E-state index contributed by atoms with van der Waals surface area (Å²) in [6, 6.07) is 3.26. The minimum absolute atomic E-state index is 0.0987. The fraction of sp³-hybridized carbons (Fsp3) is 0.417. The van der Waals surface area contributed by atoms with Gasteiger partial charge in [-0.2, -0.15) is 23.0 Å². The van der Waals surface area contributed by atoms with Crippen LogP contribution in [0.2, 0.25) is 0 Å². The first kappa shape index (κ1) is 23.0. The van der Waals surface area contributed by atoms with E-state index in [0.717, 1.165) is 18.9 Å². The van der Waals surface area contributed by atoms with Crippen LogP contribution in [0.25, 0.3) is 5.95 Å². The van der Waals surface area contributed by atoms with Gasteiger partial charge in [0, 0.05) is 24.5 Å². The van der Waals surface area contributed by atoms with Crippen LogP contribution < -0.4 is 0 Å². The van der Waals surface area contributed by atoms with E-state index in [2.05, 4.69) is 31.0 Å². The summed E-state index contributed by atoms with van der Waals surface area (Å²) in [6.07, 6.45) is 8.30. The number of alkyl halides is 3. The summed E-state index contributed by atoms with van der Waals surface area (Å²) in [4.78, 5) is 31.8. The Kier molecular flexibility index (Phi) is 5.54. The van der Waals surface area contributed by atoms with E-state index in [9.17, 15) is 18.0 Å². The summed E-state index contributed by atoms with van der Waals surface area (Å²) in [6.45, 7) is 2.14. The Balaban J connectivity index is 1.54. The summed E-state index contributed by atoms with van der Waals surface area (Å²) in [7, 11) is 0. The highest BCUT2D eigenvalue weighted by Gasteiger charge is 2.46. The molecule has 2 aliphatic carbocycles. The molecule has 1 atom stereocenters. The van der Waals surface area contributed by atoms with Crippen LogP contribution in [0.1, 0.15) is 66.2 Å². The molecule has 0 saturated heterocycles. The van der Waals surface area contributed by atoms with Crippen LogP contribution in [0.4, 0.5) is 13.2 Å². The number of amides is 1. The van der Waals surface area contributed by atoms with E-state index in [1.807, 2.05) is 0 Å². The van der Waals surface area contributed by atoms with E-state index < -0.39 is 29.2 Å². The lowest BCUT2D eigenvalue weighted by atomic mass is 9.99. The number of hydrogen-bond acceptors (Lipinski definition) is 6. The van der Waals surface area contributed by atoms with Gasteiger partial charge in [0.2, 0.25) is 0 Å². The molecule has 2 aliphatic rings. The van der Waals surface area contributed by atoms with E-state index in [4.69, 9.17) is 6.42 Å². The Morgan fingerprint density at radius 1 is 1.26 bits per heavy atom. The van der Waals surface area contributed by atoms with Gasteiger partial charge in [-0.3, -0.25) is 4.79 Å². The minimum Gasteiger partial charge on any atom is -0.328 e. The van der Waals surface area contributed by atoms with Crippen LogP contribution in [-0.2, 0) is 11.6 Å². The third kappa shape index (κ3) is 4.48. The summed E-state index contributed by atoms with van der Waals surface area (Å²) in [5.74, 6) is 2.97. The molecule has 3 heterocycles. The Morgan fingerprint density at radius 2 is 1.97 bits per heavy atom. The molecule has 5 rings (SSSR count). The molecular weight excluding hydrogens is 459 g/mol. The molecule has 0 radical (unpaired) electrons. The molecule has 8 nitrogen and oxygen atoms in total. The largest absolute Gasteiger partial charge is 0.433 e. The molecule has 180 valence electrons. The maximum Gasteiger partial charge on any atom is 0.433 e. The van der Waals surface area contributed by atoms with E-state index in [0.29, 0.717) is 25.2 Å². The maximum atomic E-state index is 13.8. The first-order valence-corrected chi connectivity index (χ1v) is 11.3. The average Bonchev–Trinajstić information content (AvgIpc) is 3.79. The number of terminal acetylenes is 1. The first-order chi connectivity index (χ1) is 16.7. The monoisotopic (exact) mass is 481 g/mol. The second-order valence-corrected chi connectivity index (χ2v) is 9.01. The lowest BCUT2D eigenvalue weighted by molar-refractivity contribution is -0.141. The third-order valence-corrected chi connectivity index (χ3v) is 6.45. The Morgan fingerprint density at radius 3 is 2.57 bits per heavy atom. The Hall–Kier alpha value is -3.81. The summed E-state index contributed by atoms with van der Waals surface area (Å²) >= 11 is 0. The van der Waals surface area contributed by atoms with Crippen molar-refractivity contribution in [3.8, 4) is 18.3 Å². The highest BCUT2D eigenvalue weighted by molar-refractivity contribution is 5.95. The quantitative estimate of drug-likeness (QED) is 0.478. The lowest BCUT2D eigenvalue weighted by Crippen LogP contribution is -2.37. The van der Waals surface area contributed by atoms with Crippen molar-refractivity contribution in [3.05, 3.63) is 59.7 Å². The zero-order valence-corrected chi connectivity index (χ0v) is 18.9. The first-order valence-electron chi connectivity index (χ1n) is 11.3. The number of rotatable bonds is 7. The van der Waals surface area contributed by atoms with Gasteiger partial charge in [0.05, 0.1) is 17.2 Å². The third-order valence-electron chi connectivity index (χ3n) is 6.45. The zero-order chi connectivity index (χ0) is 24.8. The van der Waals surface area contributed by atoms with Crippen molar-refractivity contribution in [1.29, 1.82) is 0 Å². The van der Waals surface area contributed by atoms with Crippen LogP contribution in [-0.4, -0.2) is 47.1 Å². The van der Waals surface area contributed by atoms with E-state index >= 15 is 0 Å². The highest BCUT2D eigenvalue weighted by Crippen LogP contribution is 2.47. The second-order valence-electron chi connectivity index (χ2n) is 9.01. The topological polar surface area (TPSA) is 89.7 Å². The lowest BCUT2D eigenvalue weighted by Gasteiger charge is -2.29. The normalized spacial score (nSPS) is 17.5. The SMILES string of the molecule is C#CC1(c2cc(C(=O)N(CC3CC3)C(C)c3ncnn3-c3ncccn3)cc(C(F)(F)F)n2)CC1. The van der Waals surface area contributed by atoms with Gasteiger partial charge in [-0.25, -0.2) is 19.9 Å². The van der Waals surface area contributed by atoms with Crippen LogP contribution in [0.5, 0.6) is 0 Å². The number of carbonyl (C=O) groups excluding carboxylic acids is 1. The van der Waals surface area contributed by atoms with E-state index in [1.54, 1.807) is 25.4 Å². The molecule has 3 aromatic rings. The number of aromatic nitrogens is 6. The van der Waals surface area contributed by atoms with Gasteiger partial charge in [0.1, 0.15) is 12.0 Å².